The number of benzene rings is 2. The zero-order chi connectivity index (χ0) is 23.4. The SMILES string of the molecule is CN1CCN(Cc2cccc(C3CCN(C(=O)C(N)Cc4ccc(Cl)cc4Cl)CC3)c2)CC1. The van der Waals surface area contributed by atoms with Gasteiger partial charge in [0.1, 0.15) is 0 Å². The predicted molar refractivity (Wildman–Crippen MR) is 136 cm³/mol. The van der Waals surface area contributed by atoms with Gasteiger partial charge < -0.3 is 15.5 Å². The molecule has 0 radical (unpaired) electrons. The zero-order valence-electron chi connectivity index (χ0n) is 19.4. The zero-order valence-corrected chi connectivity index (χ0v) is 20.9. The molecule has 0 bridgehead atoms. The van der Waals surface area contributed by atoms with Gasteiger partial charge in [0.05, 0.1) is 6.04 Å². The lowest BCUT2D eigenvalue weighted by Crippen LogP contribution is -2.47. The molecule has 1 amide bonds. The molecule has 178 valence electrons. The van der Waals surface area contributed by atoms with Crippen molar-refractivity contribution in [3.8, 4) is 0 Å². The molecular weight excluding hydrogens is 455 g/mol. The van der Waals surface area contributed by atoms with Gasteiger partial charge in [-0.15, -0.1) is 0 Å². The molecule has 2 heterocycles. The van der Waals surface area contributed by atoms with Crippen LogP contribution in [0.5, 0.6) is 0 Å². The summed E-state index contributed by atoms with van der Waals surface area (Å²) in [5.41, 5.74) is 9.90. The molecule has 0 spiro atoms. The molecule has 2 aliphatic rings. The molecule has 33 heavy (non-hydrogen) atoms. The Morgan fingerprint density at radius 2 is 1.76 bits per heavy atom. The number of piperazine rings is 1. The van der Waals surface area contributed by atoms with Crippen LogP contribution in [-0.2, 0) is 17.8 Å². The third-order valence-corrected chi connectivity index (χ3v) is 7.59. The van der Waals surface area contributed by atoms with Crippen molar-refractivity contribution < 1.29 is 4.79 Å². The van der Waals surface area contributed by atoms with Crippen molar-refractivity contribution >= 4 is 29.1 Å². The molecular formula is C26H34Cl2N4O. The quantitative estimate of drug-likeness (QED) is 0.666. The smallest absolute Gasteiger partial charge is 0.239 e. The fourth-order valence-electron chi connectivity index (χ4n) is 4.89. The van der Waals surface area contributed by atoms with Crippen molar-refractivity contribution in [2.24, 2.45) is 5.73 Å². The second-order valence-corrected chi connectivity index (χ2v) is 10.3. The van der Waals surface area contributed by atoms with Gasteiger partial charge in [-0.05, 0) is 61.1 Å². The van der Waals surface area contributed by atoms with Crippen LogP contribution in [0.2, 0.25) is 10.0 Å². The number of hydrogen-bond donors (Lipinski definition) is 1. The second kappa shape index (κ2) is 11.2. The van der Waals surface area contributed by atoms with Crippen LogP contribution in [0.1, 0.15) is 35.4 Å². The lowest BCUT2D eigenvalue weighted by atomic mass is 9.88. The molecule has 2 fully saturated rings. The van der Waals surface area contributed by atoms with Gasteiger partial charge in [-0.3, -0.25) is 9.69 Å². The number of halogens is 2. The molecule has 1 atom stereocenters. The van der Waals surface area contributed by atoms with Gasteiger partial charge in [0.25, 0.3) is 0 Å². The van der Waals surface area contributed by atoms with E-state index in [9.17, 15) is 4.79 Å². The summed E-state index contributed by atoms with van der Waals surface area (Å²) in [4.78, 5) is 19.8. The molecule has 0 saturated carbocycles. The number of amides is 1. The van der Waals surface area contributed by atoms with E-state index in [1.807, 2.05) is 11.0 Å². The van der Waals surface area contributed by atoms with E-state index in [4.69, 9.17) is 28.9 Å². The first kappa shape index (κ1) is 24.5. The molecule has 0 aromatic heterocycles. The van der Waals surface area contributed by atoms with Crippen molar-refractivity contribution in [1.29, 1.82) is 0 Å². The van der Waals surface area contributed by atoms with Gasteiger partial charge in [-0.2, -0.15) is 0 Å². The Bertz CT molecular complexity index is 953. The number of rotatable bonds is 6. The van der Waals surface area contributed by atoms with E-state index in [-0.39, 0.29) is 5.91 Å². The second-order valence-electron chi connectivity index (χ2n) is 9.47. The van der Waals surface area contributed by atoms with Crippen LogP contribution in [0.15, 0.2) is 42.5 Å². The number of nitrogens with zero attached hydrogens (tertiary/aromatic N) is 3. The van der Waals surface area contributed by atoms with E-state index in [2.05, 4.69) is 41.1 Å². The minimum absolute atomic E-state index is 0.00304. The van der Waals surface area contributed by atoms with Gasteiger partial charge in [0.2, 0.25) is 5.91 Å². The Morgan fingerprint density at radius 1 is 1.03 bits per heavy atom. The van der Waals surface area contributed by atoms with E-state index < -0.39 is 6.04 Å². The summed E-state index contributed by atoms with van der Waals surface area (Å²) in [5.74, 6) is 0.492. The third kappa shape index (κ3) is 6.49. The Labute approximate surface area is 207 Å². The van der Waals surface area contributed by atoms with Gasteiger partial charge in [-0.1, -0.05) is 53.5 Å². The average Bonchev–Trinajstić information content (AvgIpc) is 2.82. The molecule has 2 aromatic rings. The van der Waals surface area contributed by atoms with Crippen LogP contribution < -0.4 is 5.73 Å². The Hall–Kier alpha value is -1.63. The first-order chi connectivity index (χ1) is 15.9. The predicted octanol–water partition coefficient (Wildman–Crippen LogP) is 4.02. The van der Waals surface area contributed by atoms with E-state index in [1.165, 1.54) is 11.1 Å². The van der Waals surface area contributed by atoms with Crippen LogP contribution in [0.25, 0.3) is 0 Å². The van der Waals surface area contributed by atoms with Crippen molar-refractivity contribution in [2.45, 2.75) is 37.8 Å². The summed E-state index contributed by atoms with van der Waals surface area (Å²) in [5, 5.41) is 1.14. The number of carbonyl (C=O) groups is 1. The molecule has 2 aliphatic heterocycles. The molecule has 2 aromatic carbocycles. The fourth-order valence-corrected chi connectivity index (χ4v) is 5.37. The van der Waals surface area contributed by atoms with Crippen LogP contribution in [-0.4, -0.2) is 73.0 Å². The molecule has 7 heteroatoms. The first-order valence-corrected chi connectivity index (χ1v) is 12.6. The Morgan fingerprint density at radius 3 is 2.45 bits per heavy atom. The Balaban J connectivity index is 1.29. The lowest BCUT2D eigenvalue weighted by molar-refractivity contribution is -0.133. The van der Waals surface area contributed by atoms with Gasteiger partial charge in [0.15, 0.2) is 0 Å². The first-order valence-electron chi connectivity index (χ1n) is 11.9. The molecule has 0 aliphatic carbocycles. The summed E-state index contributed by atoms with van der Waals surface area (Å²) in [6.45, 7) is 7.03. The summed E-state index contributed by atoms with van der Waals surface area (Å²) in [7, 11) is 2.19. The van der Waals surface area contributed by atoms with Gasteiger partial charge >= 0.3 is 0 Å². The number of likely N-dealkylation sites (tertiary alicyclic amines) is 1. The summed E-state index contributed by atoms with van der Waals surface area (Å²) < 4.78 is 0. The van der Waals surface area contributed by atoms with Crippen molar-refractivity contribution in [3.63, 3.8) is 0 Å². The topological polar surface area (TPSA) is 52.8 Å². The molecule has 5 nitrogen and oxygen atoms in total. The van der Waals surface area contributed by atoms with E-state index in [0.717, 1.165) is 64.2 Å². The monoisotopic (exact) mass is 488 g/mol. The van der Waals surface area contributed by atoms with E-state index >= 15 is 0 Å². The number of nitrogens with two attached hydrogens (primary N) is 1. The van der Waals surface area contributed by atoms with Gasteiger partial charge in [-0.25, -0.2) is 0 Å². The standard InChI is InChI=1S/C26H34Cl2N4O/c1-30-11-13-31(14-12-30)18-19-3-2-4-21(15-19)20-7-9-32(10-8-20)26(33)25(29)16-22-5-6-23(27)17-24(22)28/h2-6,15,17,20,25H,7-14,16,18,29H2,1H3. The number of carbonyl (C=O) groups excluding carboxylic acids is 1. The highest BCUT2D eigenvalue weighted by molar-refractivity contribution is 6.35. The molecule has 4 rings (SSSR count). The average molecular weight is 489 g/mol. The third-order valence-electron chi connectivity index (χ3n) is 7.00. The molecule has 1 unspecified atom stereocenters. The van der Waals surface area contributed by atoms with Crippen molar-refractivity contribution in [2.75, 3.05) is 46.3 Å². The van der Waals surface area contributed by atoms with Crippen LogP contribution in [0.3, 0.4) is 0 Å². The summed E-state index contributed by atoms with van der Waals surface area (Å²) in [6, 6.07) is 13.8. The van der Waals surface area contributed by atoms with Gasteiger partial charge in [0, 0.05) is 55.9 Å². The van der Waals surface area contributed by atoms with Crippen LogP contribution >= 0.6 is 23.2 Å². The maximum Gasteiger partial charge on any atom is 0.239 e. The molecule has 2 N–H and O–H groups in total. The summed E-state index contributed by atoms with van der Waals surface area (Å²) >= 11 is 12.2. The van der Waals surface area contributed by atoms with Crippen molar-refractivity contribution in [1.82, 2.24) is 14.7 Å². The minimum atomic E-state index is -0.591. The lowest BCUT2D eigenvalue weighted by Gasteiger charge is -2.34. The highest BCUT2D eigenvalue weighted by Gasteiger charge is 2.27. The highest BCUT2D eigenvalue weighted by Crippen LogP contribution is 2.29. The number of hydrogen-bond acceptors (Lipinski definition) is 4. The van der Waals surface area contributed by atoms with E-state index in [1.54, 1.807) is 12.1 Å². The summed E-state index contributed by atoms with van der Waals surface area (Å²) in [6.07, 6.45) is 2.36. The normalized spacial score (nSPS) is 19.6. The van der Waals surface area contributed by atoms with Crippen LogP contribution in [0, 0.1) is 0 Å². The highest BCUT2D eigenvalue weighted by atomic mass is 35.5. The number of piperidine rings is 1. The maximum absolute atomic E-state index is 12.9. The Kier molecular flexibility index (Phi) is 8.31. The van der Waals surface area contributed by atoms with E-state index in [0.29, 0.717) is 22.4 Å². The maximum atomic E-state index is 12.9. The largest absolute Gasteiger partial charge is 0.341 e. The molecule has 2 saturated heterocycles. The fraction of sp³-hybridized carbons (Fsp3) is 0.500. The van der Waals surface area contributed by atoms with Crippen LogP contribution in [0.4, 0.5) is 0 Å². The minimum Gasteiger partial charge on any atom is -0.341 e. The number of likely N-dealkylation sites (N-methyl/N-ethyl adjacent to an activating group) is 1. The van der Waals surface area contributed by atoms with Crippen molar-refractivity contribution in [3.05, 3.63) is 69.2 Å².